The molecule has 2 aliphatic rings. The SMILES string of the molecule is CCCc1c2ccc(CC(C)(C)C)c-2coc1OCCCO. The largest absolute Gasteiger partial charge is 0.465 e. The summed E-state index contributed by atoms with van der Waals surface area (Å²) in [4.78, 5) is 0. The van der Waals surface area contributed by atoms with Crippen LogP contribution in [0.2, 0.25) is 0 Å². The maximum atomic E-state index is 8.89. The zero-order valence-corrected chi connectivity index (χ0v) is 14.2. The number of aliphatic hydroxyl groups is 1. The minimum Gasteiger partial charge on any atom is -0.465 e. The Morgan fingerprint density at radius 2 is 1.95 bits per heavy atom. The van der Waals surface area contributed by atoms with Gasteiger partial charge in [0.1, 0.15) is 6.26 Å². The van der Waals surface area contributed by atoms with E-state index in [4.69, 9.17) is 14.3 Å². The quantitative estimate of drug-likeness (QED) is 0.755. The third-order valence-electron chi connectivity index (χ3n) is 3.70. The Morgan fingerprint density at radius 3 is 2.59 bits per heavy atom. The molecule has 0 spiro atoms. The van der Waals surface area contributed by atoms with Gasteiger partial charge in [-0.2, -0.15) is 0 Å². The summed E-state index contributed by atoms with van der Waals surface area (Å²) >= 11 is 0. The first-order valence-corrected chi connectivity index (χ1v) is 8.22. The van der Waals surface area contributed by atoms with E-state index >= 15 is 0 Å². The van der Waals surface area contributed by atoms with E-state index in [0.717, 1.165) is 24.8 Å². The molecule has 0 unspecified atom stereocenters. The van der Waals surface area contributed by atoms with Crippen molar-refractivity contribution in [2.75, 3.05) is 13.2 Å². The number of hydrogen-bond donors (Lipinski definition) is 1. The van der Waals surface area contributed by atoms with E-state index in [1.54, 1.807) is 0 Å². The molecule has 3 nitrogen and oxygen atoms in total. The van der Waals surface area contributed by atoms with Crippen LogP contribution in [0.4, 0.5) is 0 Å². The van der Waals surface area contributed by atoms with Crippen molar-refractivity contribution in [2.24, 2.45) is 5.41 Å². The van der Waals surface area contributed by atoms with Gasteiger partial charge in [0.15, 0.2) is 0 Å². The third-order valence-corrected chi connectivity index (χ3v) is 3.70. The van der Waals surface area contributed by atoms with E-state index in [1.165, 1.54) is 16.7 Å². The zero-order valence-electron chi connectivity index (χ0n) is 14.2. The Labute approximate surface area is 133 Å². The first-order valence-electron chi connectivity index (χ1n) is 8.22. The molecule has 0 saturated heterocycles. The Hall–Kier alpha value is -1.48. The minimum atomic E-state index is 0.136. The highest BCUT2D eigenvalue weighted by Gasteiger charge is 2.22. The average molecular weight is 304 g/mol. The van der Waals surface area contributed by atoms with Gasteiger partial charge in [-0.1, -0.05) is 46.2 Å². The molecule has 0 aromatic rings. The van der Waals surface area contributed by atoms with Crippen molar-refractivity contribution >= 4 is 0 Å². The molecule has 1 N–H and O–H groups in total. The molecule has 22 heavy (non-hydrogen) atoms. The van der Waals surface area contributed by atoms with E-state index in [0.29, 0.717) is 19.0 Å². The number of fused-ring (bicyclic) bond motifs is 1. The van der Waals surface area contributed by atoms with Crippen LogP contribution in [0.1, 0.15) is 51.7 Å². The lowest BCUT2D eigenvalue weighted by molar-refractivity contribution is 0.196. The predicted molar refractivity (Wildman–Crippen MR) is 89.7 cm³/mol. The molecule has 0 aromatic carbocycles. The molecule has 3 heteroatoms. The fraction of sp³-hybridized carbons (Fsp3) is 0.579. The van der Waals surface area contributed by atoms with Gasteiger partial charge in [-0.05, 0) is 29.4 Å². The second-order valence-corrected chi connectivity index (χ2v) is 7.10. The van der Waals surface area contributed by atoms with Crippen LogP contribution in [0.25, 0.3) is 11.1 Å². The molecule has 0 saturated carbocycles. The van der Waals surface area contributed by atoms with Crippen LogP contribution in [0.15, 0.2) is 22.8 Å². The van der Waals surface area contributed by atoms with E-state index < -0.39 is 0 Å². The van der Waals surface area contributed by atoms with Crippen LogP contribution < -0.4 is 4.74 Å². The fourth-order valence-electron chi connectivity index (χ4n) is 2.80. The highest BCUT2D eigenvalue weighted by atomic mass is 16.6. The predicted octanol–water partition coefficient (Wildman–Crippen LogP) is 4.69. The molecule has 1 aliphatic heterocycles. The molecule has 0 fully saturated rings. The first-order chi connectivity index (χ1) is 10.5. The summed E-state index contributed by atoms with van der Waals surface area (Å²) in [6, 6.07) is 4.40. The van der Waals surface area contributed by atoms with Crippen molar-refractivity contribution in [3.63, 3.8) is 0 Å². The Kier molecular flexibility index (Phi) is 5.52. The number of ether oxygens (including phenoxy) is 1. The Bertz CT molecular complexity index is 563. The van der Waals surface area contributed by atoms with Crippen LogP contribution in [-0.4, -0.2) is 18.3 Å². The molecule has 122 valence electrons. The standard InChI is InChI=1S/C19H28O3/c1-5-7-16-15-9-8-14(12-19(2,3)4)17(15)13-22-18(16)21-11-6-10-20/h8-9,13,20H,5-7,10-12H2,1-4H3. The second-order valence-electron chi connectivity index (χ2n) is 7.10. The van der Waals surface area contributed by atoms with Crippen molar-refractivity contribution in [1.82, 2.24) is 0 Å². The molecular formula is C19H28O3. The van der Waals surface area contributed by atoms with Gasteiger partial charge >= 0.3 is 0 Å². The van der Waals surface area contributed by atoms with Crippen LogP contribution >= 0.6 is 0 Å². The zero-order chi connectivity index (χ0) is 16.2. The monoisotopic (exact) mass is 304 g/mol. The number of rotatable bonds is 7. The highest BCUT2D eigenvalue weighted by Crippen LogP contribution is 2.39. The maximum absolute atomic E-state index is 8.89. The minimum absolute atomic E-state index is 0.136. The van der Waals surface area contributed by atoms with Crippen molar-refractivity contribution < 1.29 is 14.3 Å². The number of hydrogen-bond acceptors (Lipinski definition) is 3. The van der Waals surface area contributed by atoms with Gasteiger partial charge in [0.25, 0.3) is 5.95 Å². The summed E-state index contributed by atoms with van der Waals surface area (Å²) in [5, 5.41) is 8.89. The molecular weight excluding hydrogens is 276 g/mol. The summed E-state index contributed by atoms with van der Waals surface area (Å²) in [5.74, 6) is 0.607. The summed E-state index contributed by atoms with van der Waals surface area (Å²) in [6.45, 7) is 9.54. The van der Waals surface area contributed by atoms with E-state index in [-0.39, 0.29) is 12.0 Å². The van der Waals surface area contributed by atoms with Gasteiger partial charge in [-0.15, -0.1) is 0 Å². The molecule has 1 aliphatic carbocycles. The average Bonchev–Trinajstić information content (AvgIpc) is 2.83. The van der Waals surface area contributed by atoms with Crippen molar-refractivity contribution in [1.29, 1.82) is 0 Å². The van der Waals surface area contributed by atoms with Crippen LogP contribution in [0, 0.1) is 5.41 Å². The van der Waals surface area contributed by atoms with Crippen molar-refractivity contribution in [2.45, 2.75) is 53.4 Å². The topological polar surface area (TPSA) is 42.6 Å². The first kappa shape index (κ1) is 16.9. The summed E-state index contributed by atoms with van der Waals surface area (Å²) in [6.07, 6.45) is 5.46. The Balaban J connectivity index is 2.33. The normalized spacial score (nSPS) is 12.0. The van der Waals surface area contributed by atoms with E-state index in [1.807, 2.05) is 6.26 Å². The third kappa shape index (κ3) is 4.04. The molecule has 0 bridgehead atoms. The molecule has 0 aromatic heterocycles. The summed E-state index contributed by atoms with van der Waals surface area (Å²) in [5.41, 5.74) is 5.19. The van der Waals surface area contributed by atoms with Gasteiger partial charge in [0, 0.05) is 24.2 Å². The molecule has 0 atom stereocenters. The second kappa shape index (κ2) is 7.19. The summed E-state index contributed by atoms with van der Waals surface area (Å²) in [7, 11) is 0. The van der Waals surface area contributed by atoms with Crippen molar-refractivity contribution in [3.05, 3.63) is 29.5 Å². The van der Waals surface area contributed by atoms with Crippen LogP contribution in [0.3, 0.4) is 0 Å². The summed E-state index contributed by atoms with van der Waals surface area (Å²) < 4.78 is 11.5. The van der Waals surface area contributed by atoms with Gasteiger partial charge < -0.3 is 14.3 Å². The van der Waals surface area contributed by atoms with E-state index in [9.17, 15) is 0 Å². The van der Waals surface area contributed by atoms with Gasteiger partial charge in [-0.3, -0.25) is 0 Å². The van der Waals surface area contributed by atoms with Crippen LogP contribution in [0.5, 0.6) is 5.95 Å². The molecule has 1 heterocycles. The van der Waals surface area contributed by atoms with Crippen molar-refractivity contribution in [3.8, 4) is 17.1 Å². The lowest BCUT2D eigenvalue weighted by Gasteiger charge is -2.19. The molecule has 0 radical (unpaired) electrons. The lowest BCUT2D eigenvalue weighted by atomic mass is 9.87. The Morgan fingerprint density at radius 1 is 1.18 bits per heavy atom. The highest BCUT2D eigenvalue weighted by molar-refractivity contribution is 5.74. The lowest BCUT2D eigenvalue weighted by Crippen LogP contribution is -2.09. The smallest absolute Gasteiger partial charge is 0.288 e. The molecule has 2 rings (SSSR count). The van der Waals surface area contributed by atoms with Gasteiger partial charge in [0.05, 0.1) is 6.61 Å². The fourth-order valence-corrected chi connectivity index (χ4v) is 2.80. The van der Waals surface area contributed by atoms with E-state index in [2.05, 4.69) is 39.8 Å². The van der Waals surface area contributed by atoms with Gasteiger partial charge in [0.2, 0.25) is 0 Å². The number of aliphatic hydroxyl groups excluding tert-OH is 1. The maximum Gasteiger partial charge on any atom is 0.288 e. The van der Waals surface area contributed by atoms with Crippen LogP contribution in [-0.2, 0) is 12.8 Å². The molecule has 0 amide bonds. The van der Waals surface area contributed by atoms with Gasteiger partial charge in [-0.25, -0.2) is 0 Å².